The quantitative estimate of drug-likeness (QED) is 0.279. The Bertz CT molecular complexity index is 1430. The van der Waals surface area contributed by atoms with Gasteiger partial charge in [0, 0.05) is 38.0 Å². The molecule has 0 aromatic heterocycles. The summed E-state index contributed by atoms with van der Waals surface area (Å²) < 4.78 is 37.2. The molecule has 0 aliphatic heterocycles. The molecule has 0 heterocycles. The number of nitrogens with one attached hydrogen (secondary N) is 1. The maximum atomic E-state index is 13.9. The SMILES string of the molecule is COc1cccc(CN(C(=O)CCCN(c2cccc(OC)c2)S(C)(=O)=O)[C@H](Cc2ccccc2)C(=O)NC(C)C)c1. The van der Waals surface area contributed by atoms with Crippen LogP contribution in [0.2, 0.25) is 0 Å². The number of methoxy groups -OCH3 is 2. The van der Waals surface area contributed by atoms with Crippen LogP contribution in [0, 0.1) is 0 Å². The first kappa shape index (κ1) is 32.5. The Balaban J connectivity index is 1.90. The molecule has 0 spiro atoms. The Kier molecular flexibility index (Phi) is 11.8. The van der Waals surface area contributed by atoms with Gasteiger partial charge in [-0.3, -0.25) is 13.9 Å². The monoisotopic (exact) mass is 595 g/mol. The van der Waals surface area contributed by atoms with Gasteiger partial charge in [0.1, 0.15) is 17.5 Å². The van der Waals surface area contributed by atoms with Gasteiger partial charge in [-0.15, -0.1) is 0 Å². The van der Waals surface area contributed by atoms with E-state index in [4.69, 9.17) is 9.47 Å². The van der Waals surface area contributed by atoms with Gasteiger partial charge in [0.25, 0.3) is 0 Å². The standard InChI is InChI=1S/C32H41N3O6S/c1-24(2)33-32(37)30(21-25-12-7-6-8-13-25)34(23-26-14-9-16-28(20-26)40-3)31(36)18-11-19-35(42(5,38)39)27-15-10-17-29(22-27)41-4/h6-10,12-17,20,22,24,30H,11,18-19,21,23H2,1-5H3,(H,33,37)/t30-/m1/s1. The van der Waals surface area contributed by atoms with E-state index in [9.17, 15) is 18.0 Å². The summed E-state index contributed by atoms with van der Waals surface area (Å²) in [7, 11) is -0.536. The molecule has 0 radical (unpaired) electrons. The van der Waals surface area contributed by atoms with Crippen molar-refractivity contribution in [3.05, 3.63) is 90.0 Å². The topological polar surface area (TPSA) is 105 Å². The van der Waals surface area contributed by atoms with Crippen molar-refractivity contribution in [2.75, 3.05) is 31.3 Å². The summed E-state index contributed by atoms with van der Waals surface area (Å²) in [5, 5.41) is 2.98. The highest BCUT2D eigenvalue weighted by molar-refractivity contribution is 7.92. The molecule has 10 heteroatoms. The summed E-state index contributed by atoms with van der Waals surface area (Å²) in [6, 6.07) is 22.9. The zero-order chi connectivity index (χ0) is 30.7. The number of carbonyl (C=O) groups excluding carboxylic acids is 2. The first-order valence-corrected chi connectivity index (χ1v) is 15.7. The van der Waals surface area contributed by atoms with E-state index in [1.54, 1.807) is 36.3 Å². The second-order valence-corrected chi connectivity index (χ2v) is 12.3. The Labute approximate surface area is 249 Å². The molecule has 3 rings (SSSR count). The van der Waals surface area contributed by atoms with Gasteiger partial charge in [0.2, 0.25) is 21.8 Å². The van der Waals surface area contributed by atoms with Crippen LogP contribution >= 0.6 is 0 Å². The molecule has 9 nitrogen and oxygen atoms in total. The van der Waals surface area contributed by atoms with Crippen molar-refractivity contribution in [2.45, 2.75) is 51.7 Å². The zero-order valence-corrected chi connectivity index (χ0v) is 25.8. The number of amides is 2. The Hall–Kier alpha value is -4.05. The van der Waals surface area contributed by atoms with Crippen LogP contribution in [0.5, 0.6) is 11.5 Å². The fourth-order valence-electron chi connectivity index (χ4n) is 4.67. The van der Waals surface area contributed by atoms with Gasteiger partial charge in [-0.05, 0) is 55.7 Å². The lowest BCUT2D eigenvalue weighted by Gasteiger charge is -2.32. The number of carbonyl (C=O) groups is 2. The molecule has 0 aliphatic rings. The first-order valence-electron chi connectivity index (χ1n) is 13.9. The minimum absolute atomic E-state index is 0.0419. The van der Waals surface area contributed by atoms with Crippen molar-refractivity contribution in [1.82, 2.24) is 10.2 Å². The average Bonchev–Trinajstić information content (AvgIpc) is 2.96. The van der Waals surface area contributed by atoms with E-state index in [1.165, 1.54) is 11.4 Å². The number of sulfonamides is 1. The highest BCUT2D eigenvalue weighted by atomic mass is 32.2. The van der Waals surface area contributed by atoms with Crippen LogP contribution in [-0.2, 0) is 32.6 Å². The maximum Gasteiger partial charge on any atom is 0.243 e. The normalized spacial score (nSPS) is 12.0. The van der Waals surface area contributed by atoms with E-state index >= 15 is 0 Å². The molecular formula is C32H41N3O6S. The van der Waals surface area contributed by atoms with Crippen molar-refractivity contribution >= 4 is 27.5 Å². The summed E-state index contributed by atoms with van der Waals surface area (Å²) in [5.41, 5.74) is 2.19. The molecule has 0 saturated heterocycles. The predicted octanol–water partition coefficient (Wildman–Crippen LogP) is 4.41. The van der Waals surface area contributed by atoms with Gasteiger partial charge >= 0.3 is 0 Å². The van der Waals surface area contributed by atoms with E-state index in [0.717, 1.165) is 17.4 Å². The Morgan fingerprint density at radius 2 is 1.48 bits per heavy atom. The highest BCUT2D eigenvalue weighted by Crippen LogP contribution is 2.24. The molecule has 0 unspecified atom stereocenters. The second-order valence-electron chi connectivity index (χ2n) is 10.4. The third-order valence-corrected chi connectivity index (χ3v) is 7.88. The average molecular weight is 596 g/mol. The minimum atomic E-state index is -3.63. The molecule has 42 heavy (non-hydrogen) atoms. The van der Waals surface area contributed by atoms with Gasteiger partial charge in [-0.25, -0.2) is 8.42 Å². The van der Waals surface area contributed by atoms with Gasteiger partial charge < -0.3 is 19.7 Å². The first-order chi connectivity index (χ1) is 20.0. The van der Waals surface area contributed by atoms with Crippen LogP contribution < -0.4 is 19.1 Å². The third-order valence-electron chi connectivity index (χ3n) is 6.68. The van der Waals surface area contributed by atoms with Crippen molar-refractivity contribution in [3.63, 3.8) is 0 Å². The van der Waals surface area contributed by atoms with E-state index in [0.29, 0.717) is 23.6 Å². The lowest BCUT2D eigenvalue weighted by atomic mass is 10.0. The van der Waals surface area contributed by atoms with Crippen molar-refractivity contribution in [2.24, 2.45) is 0 Å². The summed E-state index contributed by atoms with van der Waals surface area (Å²) >= 11 is 0. The lowest BCUT2D eigenvalue weighted by Crippen LogP contribution is -2.51. The summed E-state index contributed by atoms with van der Waals surface area (Å²) in [4.78, 5) is 29.1. The molecule has 0 bridgehead atoms. The predicted molar refractivity (Wildman–Crippen MR) is 165 cm³/mol. The largest absolute Gasteiger partial charge is 0.497 e. The van der Waals surface area contributed by atoms with E-state index in [1.807, 2.05) is 68.4 Å². The smallest absolute Gasteiger partial charge is 0.243 e. The lowest BCUT2D eigenvalue weighted by molar-refractivity contribution is -0.141. The van der Waals surface area contributed by atoms with Crippen LogP contribution in [0.1, 0.15) is 37.8 Å². The molecule has 3 aromatic carbocycles. The molecule has 2 amide bonds. The fraction of sp³-hybridized carbons (Fsp3) is 0.375. The summed E-state index contributed by atoms with van der Waals surface area (Å²) in [5.74, 6) is 0.672. The zero-order valence-electron chi connectivity index (χ0n) is 24.9. The molecular weight excluding hydrogens is 554 g/mol. The van der Waals surface area contributed by atoms with Gasteiger partial charge in [-0.2, -0.15) is 0 Å². The molecule has 0 saturated carbocycles. The Morgan fingerprint density at radius 1 is 0.857 bits per heavy atom. The third kappa shape index (κ3) is 9.51. The van der Waals surface area contributed by atoms with Gasteiger partial charge in [-0.1, -0.05) is 48.5 Å². The van der Waals surface area contributed by atoms with Crippen LogP contribution in [0.25, 0.3) is 0 Å². The van der Waals surface area contributed by atoms with Crippen LogP contribution in [0.4, 0.5) is 5.69 Å². The molecule has 226 valence electrons. The fourth-order valence-corrected chi connectivity index (χ4v) is 5.63. The van der Waals surface area contributed by atoms with Gasteiger partial charge in [0.15, 0.2) is 0 Å². The second kappa shape index (κ2) is 15.3. The van der Waals surface area contributed by atoms with Crippen molar-refractivity contribution in [1.29, 1.82) is 0 Å². The van der Waals surface area contributed by atoms with E-state index < -0.39 is 16.1 Å². The van der Waals surface area contributed by atoms with E-state index in [2.05, 4.69) is 5.32 Å². The number of anilines is 1. The molecule has 0 fully saturated rings. The molecule has 1 atom stereocenters. The van der Waals surface area contributed by atoms with Gasteiger partial charge in [0.05, 0.1) is 26.2 Å². The molecule has 1 N–H and O–H groups in total. The van der Waals surface area contributed by atoms with Crippen LogP contribution in [0.15, 0.2) is 78.9 Å². The number of hydrogen-bond donors (Lipinski definition) is 1. The van der Waals surface area contributed by atoms with E-state index in [-0.39, 0.29) is 43.8 Å². The molecule has 3 aromatic rings. The number of ether oxygens (including phenoxy) is 2. The van der Waals surface area contributed by atoms with Crippen LogP contribution in [-0.4, -0.2) is 64.2 Å². The maximum absolute atomic E-state index is 13.9. The van der Waals surface area contributed by atoms with Crippen molar-refractivity contribution in [3.8, 4) is 11.5 Å². The van der Waals surface area contributed by atoms with Crippen LogP contribution in [0.3, 0.4) is 0 Å². The Morgan fingerprint density at radius 3 is 2.10 bits per heavy atom. The highest BCUT2D eigenvalue weighted by Gasteiger charge is 2.31. The number of rotatable bonds is 15. The number of benzene rings is 3. The summed E-state index contributed by atoms with van der Waals surface area (Å²) in [6.07, 6.45) is 1.76. The molecule has 0 aliphatic carbocycles. The summed E-state index contributed by atoms with van der Waals surface area (Å²) in [6.45, 7) is 4.03. The minimum Gasteiger partial charge on any atom is -0.497 e. The number of hydrogen-bond acceptors (Lipinski definition) is 6. The van der Waals surface area contributed by atoms with Crippen molar-refractivity contribution < 1.29 is 27.5 Å². The number of nitrogens with zero attached hydrogens (tertiary/aromatic N) is 2.